The molecule has 2 aromatic rings. The molecule has 0 bridgehead atoms. The third-order valence-corrected chi connectivity index (χ3v) is 5.80. The summed E-state index contributed by atoms with van der Waals surface area (Å²) in [5, 5.41) is 3.03. The Hall–Kier alpha value is -1.54. The molecule has 5 nitrogen and oxygen atoms in total. The van der Waals surface area contributed by atoms with Crippen LogP contribution in [-0.2, 0) is 16.2 Å². The number of amides is 1. The maximum absolute atomic E-state index is 13.1. The number of carbonyl (C=O) groups is 1. The third-order valence-electron chi connectivity index (χ3n) is 4.87. The summed E-state index contributed by atoms with van der Waals surface area (Å²) in [6, 6.07) is 7.70. The van der Waals surface area contributed by atoms with Crippen LogP contribution in [0, 0.1) is 12.8 Å². The molecule has 0 aliphatic heterocycles. The molecule has 8 heteroatoms. The van der Waals surface area contributed by atoms with Crippen LogP contribution in [-0.4, -0.2) is 36.5 Å². The third kappa shape index (κ3) is 14.7. The second kappa shape index (κ2) is 22.0. The van der Waals surface area contributed by atoms with Gasteiger partial charge in [-0.15, -0.1) is 11.6 Å². The molecule has 0 radical (unpaired) electrons. The first-order valence-electron chi connectivity index (χ1n) is 12.1. The molecule has 0 saturated heterocycles. The Morgan fingerprint density at radius 3 is 2.38 bits per heavy atom. The summed E-state index contributed by atoms with van der Waals surface area (Å²) in [5.41, 5.74) is 6.03. The summed E-state index contributed by atoms with van der Waals surface area (Å²) in [4.78, 5) is 16.1. The van der Waals surface area contributed by atoms with Crippen molar-refractivity contribution in [3.05, 3.63) is 34.7 Å². The first kappa shape index (κ1) is 34.6. The lowest BCUT2D eigenvalue weighted by molar-refractivity contribution is -0.353. The molecule has 2 atom stereocenters. The van der Waals surface area contributed by atoms with Crippen molar-refractivity contribution in [1.82, 2.24) is 4.98 Å². The van der Waals surface area contributed by atoms with E-state index in [9.17, 15) is 9.18 Å². The van der Waals surface area contributed by atoms with Crippen molar-refractivity contribution >= 4 is 34.0 Å². The number of aromatic nitrogens is 1. The molecule has 2 rings (SSSR count). The topological polar surface area (TPSA) is 78.9 Å². The zero-order chi connectivity index (χ0) is 26.5. The van der Waals surface area contributed by atoms with Crippen LogP contribution in [0.1, 0.15) is 71.2 Å². The normalized spacial score (nSPS) is 11.5. The number of alkyl halides is 2. The monoisotopic (exact) mass is 518 g/mol. The van der Waals surface area contributed by atoms with Gasteiger partial charge in [0.2, 0.25) is 0 Å². The highest BCUT2D eigenvalue weighted by Gasteiger charge is 2.14. The molecule has 0 spiro atoms. The second-order valence-electron chi connectivity index (χ2n) is 7.48. The molecule has 4 N–H and O–H groups in total. The van der Waals surface area contributed by atoms with Crippen LogP contribution < -0.4 is 11.1 Å². The zero-order valence-electron chi connectivity index (χ0n) is 22.3. The van der Waals surface area contributed by atoms with E-state index in [1.807, 2.05) is 45.0 Å². The predicted molar refractivity (Wildman–Crippen MR) is 146 cm³/mol. The lowest BCUT2D eigenvalue weighted by Gasteiger charge is -2.12. The molecular formula is C26H46ClFN3O2S+. The number of anilines is 1. The number of benzene rings is 1. The van der Waals surface area contributed by atoms with Crippen molar-refractivity contribution in [2.75, 3.05) is 24.9 Å². The first-order valence-corrected chi connectivity index (χ1v) is 13.6. The van der Waals surface area contributed by atoms with Crippen LogP contribution in [0.2, 0.25) is 0 Å². The standard InChI is InChI=1S/C13H14FN3OS.C10H22O.C2H6.CH3Cl/c1-8-3-2-4-9(5-8)12-10(6-14)19-13(17-12)16-11(18)7-15;1-5-9(3)7-8-11-10(4)6-2;2*1-2/h2-5H,6-7,15H2,1H3,(H,16,17,18);9-10H,5-8H2,1-4H3;1-2H3;1H3/p+1. The lowest BCUT2D eigenvalue weighted by atomic mass is 10.1. The zero-order valence-corrected chi connectivity index (χ0v) is 23.9. The van der Waals surface area contributed by atoms with Crippen LogP contribution in [0.15, 0.2) is 24.3 Å². The fraction of sp³-hybridized carbons (Fsp3) is 0.615. The van der Waals surface area contributed by atoms with Crippen LogP contribution in [0.4, 0.5) is 9.52 Å². The van der Waals surface area contributed by atoms with Crippen molar-refractivity contribution in [1.29, 1.82) is 0 Å². The number of carbonyl (C=O) groups excluding carboxylic acids is 1. The fourth-order valence-corrected chi connectivity index (χ4v) is 3.34. The van der Waals surface area contributed by atoms with Gasteiger partial charge in [0.15, 0.2) is 11.7 Å². The lowest BCUT2D eigenvalue weighted by Crippen LogP contribution is -2.55. The van der Waals surface area contributed by atoms with E-state index in [1.54, 1.807) is 0 Å². The minimum atomic E-state index is -0.596. The summed E-state index contributed by atoms with van der Waals surface area (Å²) in [6.07, 6.45) is 5.52. The molecule has 0 aliphatic rings. The van der Waals surface area contributed by atoms with Crippen molar-refractivity contribution < 1.29 is 19.7 Å². The van der Waals surface area contributed by atoms with E-state index in [-0.39, 0.29) is 12.5 Å². The number of hydrogen-bond donors (Lipinski definition) is 2. The van der Waals surface area contributed by atoms with Gasteiger partial charge in [-0.1, -0.05) is 76.1 Å². The SMILES string of the molecule is CC.CCC(C)CCOC(C)CC.CCl.Cc1cccc(-c2nc(NC(=O)C[NH3+])sc2CF)c1. The van der Waals surface area contributed by atoms with Gasteiger partial charge in [0.05, 0.1) is 16.7 Å². The van der Waals surface area contributed by atoms with E-state index < -0.39 is 6.67 Å². The quantitative estimate of drug-likeness (QED) is 0.336. The number of quaternary nitrogens is 1. The molecule has 1 aromatic carbocycles. The van der Waals surface area contributed by atoms with E-state index in [2.05, 4.69) is 55.3 Å². The van der Waals surface area contributed by atoms with Gasteiger partial charge in [0, 0.05) is 18.6 Å². The summed E-state index contributed by atoms with van der Waals surface area (Å²) >= 11 is 5.80. The van der Waals surface area contributed by atoms with E-state index in [1.165, 1.54) is 19.2 Å². The van der Waals surface area contributed by atoms with Crippen LogP contribution in [0.25, 0.3) is 11.3 Å². The molecule has 2 unspecified atom stereocenters. The largest absolute Gasteiger partial charge is 0.379 e. The number of aryl methyl sites for hydroxylation is 1. The van der Waals surface area contributed by atoms with Gasteiger partial charge < -0.3 is 10.5 Å². The summed E-state index contributed by atoms with van der Waals surface area (Å²) in [7, 11) is 0. The molecular weight excluding hydrogens is 473 g/mol. The highest BCUT2D eigenvalue weighted by molar-refractivity contribution is 7.16. The average molecular weight is 519 g/mol. The summed E-state index contributed by atoms with van der Waals surface area (Å²) < 4.78 is 18.6. The maximum Gasteiger partial charge on any atom is 0.281 e. The van der Waals surface area contributed by atoms with Crippen LogP contribution >= 0.6 is 22.9 Å². The Labute approximate surface area is 215 Å². The van der Waals surface area contributed by atoms with E-state index in [4.69, 9.17) is 4.74 Å². The molecule has 0 aliphatic carbocycles. The number of halogens is 2. The molecule has 1 aromatic heterocycles. The van der Waals surface area contributed by atoms with E-state index in [0.29, 0.717) is 21.8 Å². The van der Waals surface area contributed by atoms with Crippen LogP contribution in [0.5, 0.6) is 0 Å². The molecule has 34 heavy (non-hydrogen) atoms. The van der Waals surface area contributed by atoms with Crippen molar-refractivity contribution in [2.45, 2.75) is 80.5 Å². The van der Waals surface area contributed by atoms with Crippen molar-refractivity contribution in [2.24, 2.45) is 5.92 Å². The van der Waals surface area contributed by atoms with Gasteiger partial charge >= 0.3 is 0 Å². The molecule has 0 fully saturated rings. The predicted octanol–water partition coefficient (Wildman–Crippen LogP) is 6.89. The fourth-order valence-electron chi connectivity index (χ4n) is 2.49. The Balaban J connectivity index is 0. The molecule has 196 valence electrons. The minimum absolute atomic E-state index is 0.129. The number of nitrogens with one attached hydrogen (secondary N) is 1. The molecule has 0 saturated carbocycles. The Bertz CT molecular complexity index is 764. The Kier molecular flexibility index (Phi) is 22.4. The number of ether oxygens (including phenoxy) is 1. The van der Waals surface area contributed by atoms with E-state index >= 15 is 0 Å². The second-order valence-corrected chi connectivity index (χ2v) is 8.57. The first-order chi connectivity index (χ1) is 16.3. The summed E-state index contributed by atoms with van der Waals surface area (Å²) in [5.74, 6) is 0.592. The maximum atomic E-state index is 13.1. The van der Waals surface area contributed by atoms with Gasteiger partial charge in [-0.25, -0.2) is 9.37 Å². The van der Waals surface area contributed by atoms with Crippen LogP contribution in [0.3, 0.4) is 0 Å². The van der Waals surface area contributed by atoms with Gasteiger partial charge in [0.1, 0.15) is 6.67 Å². The van der Waals surface area contributed by atoms with Crippen molar-refractivity contribution in [3.8, 4) is 11.3 Å². The minimum Gasteiger partial charge on any atom is -0.379 e. The number of hydrogen-bond acceptors (Lipinski definition) is 4. The van der Waals surface area contributed by atoms with Gasteiger partial charge in [-0.3, -0.25) is 10.1 Å². The highest BCUT2D eigenvalue weighted by atomic mass is 35.5. The number of rotatable bonds is 10. The van der Waals surface area contributed by atoms with Gasteiger partial charge in [0.25, 0.3) is 5.91 Å². The Morgan fingerprint density at radius 2 is 1.88 bits per heavy atom. The number of thiazole rings is 1. The summed E-state index contributed by atoms with van der Waals surface area (Å²) in [6.45, 7) is 15.2. The van der Waals surface area contributed by atoms with Crippen molar-refractivity contribution in [3.63, 3.8) is 0 Å². The number of nitrogens with zero attached hydrogens (tertiary/aromatic N) is 1. The average Bonchev–Trinajstić information content (AvgIpc) is 3.29. The molecule has 1 amide bonds. The van der Waals surface area contributed by atoms with Gasteiger partial charge in [-0.05, 0) is 38.7 Å². The molecule has 1 heterocycles. The highest BCUT2D eigenvalue weighted by Crippen LogP contribution is 2.32. The Morgan fingerprint density at radius 1 is 1.24 bits per heavy atom. The smallest absolute Gasteiger partial charge is 0.281 e. The van der Waals surface area contributed by atoms with Gasteiger partial charge in [-0.2, -0.15) is 0 Å². The van der Waals surface area contributed by atoms with E-state index in [0.717, 1.165) is 41.4 Å².